The Morgan fingerprint density at radius 2 is 2.00 bits per heavy atom. The molecule has 15 heavy (non-hydrogen) atoms. The van der Waals surface area contributed by atoms with E-state index in [2.05, 4.69) is 10.5 Å². The maximum absolute atomic E-state index is 13.1. The summed E-state index contributed by atoms with van der Waals surface area (Å²) >= 11 is 0. The smallest absolute Gasteiger partial charge is 0.404 e. The molecular weight excluding hydrogens is 208 g/mol. The second kappa shape index (κ2) is 4.50. The summed E-state index contributed by atoms with van der Waals surface area (Å²) < 4.78 is 30.4. The number of carbonyl (C=O) groups is 2. The van der Waals surface area contributed by atoms with Crippen molar-refractivity contribution in [2.75, 3.05) is 0 Å². The van der Waals surface area contributed by atoms with Crippen LogP contribution in [0.2, 0.25) is 0 Å². The first kappa shape index (κ1) is 11.1. The van der Waals surface area contributed by atoms with Crippen molar-refractivity contribution in [1.82, 2.24) is 0 Å². The van der Waals surface area contributed by atoms with E-state index in [-0.39, 0.29) is 11.8 Å². The van der Waals surface area contributed by atoms with Crippen molar-refractivity contribution in [3.05, 3.63) is 34.9 Å². The summed E-state index contributed by atoms with van der Waals surface area (Å²) in [5, 5.41) is 0. The highest BCUT2D eigenvalue weighted by Gasteiger charge is 2.14. The first-order valence-corrected chi connectivity index (χ1v) is 3.90. The van der Waals surface area contributed by atoms with Crippen molar-refractivity contribution in [2.24, 2.45) is 5.73 Å². The van der Waals surface area contributed by atoms with Crippen LogP contribution in [0.4, 0.5) is 13.6 Å². The molecule has 0 saturated carbocycles. The Hall–Kier alpha value is -1.98. The van der Waals surface area contributed by atoms with Crippen LogP contribution in [0, 0.1) is 11.6 Å². The van der Waals surface area contributed by atoms with Crippen LogP contribution in [-0.4, -0.2) is 12.4 Å². The number of rotatable bonds is 3. The van der Waals surface area contributed by atoms with Crippen LogP contribution in [-0.2, 0) is 11.3 Å². The number of amides is 1. The molecule has 1 aromatic carbocycles. The van der Waals surface area contributed by atoms with E-state index in [4.69, 9.17) is 0 Å². The number of carbonyl (C=O) groups excluding carboxylic acids is 2. The van der Waals surface area contributed by atoms with E-state index in [0.717, 1.165) is 12.1 Å². The van der Waals surface area contributed by atoms with Gasteiger partial charge in [-0.3, -0.25) is 4.79 Å². The summed E-state index contributed by atoms with van der Waals surface area (Å²) in [6.45, 7) is -0.576. The molecule has 0 heterocycles. The standard InChI is InChI=1S/C9H7F2NO3/c10-7-1-2-8(11)6(5(7)3-13)4-15-9(12)14/h1-3H,4H2,(H2,12,14). The molecule has 0 spiro atoms. The van der Waals surface area contributed by atoms with Gasteiger partial charge in [0, 0.05) is 5.56 Å². The second-order valence-electron chi connectivity index (χ2n) is 2.65. The molecule has 1 aromatic rings. The molecule has 1 amide bonds. The fourth-order valence-corrected chi connectivity index (χ4v) is 1.03. The van der Waals surface area contributed by atoms with Gasteiger partial charge in [-0.15, -0.1) is 0 Å². The van der Waals surface area contributed by atoms with Crippen LogP contribution in [0.1, 0.15) is 15.9 Å². The maximum atomic E-state index is 13.1. The van der Waals surface area contributed by atoms with Gasteiger partial charge in [0.25, 0.3) is 0 Å². The minimum Gasteiger partial charge on any atom is -0.445 e. The van der Waals surface area contributed by atoms with Crippen molar-refractivity contribution in [3.8, 4) is 0 Å². The van der Waals surface area contributed by atoms with E-state index < -0.39 is 29.9 Å². The molecule has 0 fully saturated rings. The molecule has 0 aromatic heterocycles. The summed E-state index contributed by atoms with van der Waals surface area (Å²) in [6, 6.07) is 1.65. The highest BCUT2D eigenvalue weighted by atomic mass is 19.1. The van der Waals surface area contributed by atoms with E-state index in [1.807, 2.05) is 0 Å². The first-order chi connectivity index (χ1) is 7.06. The number of nitrogens with two attached hydrogens (primary N) is 1. The predicted octanol–water partition coefficient (Wildman–Crippen LogP) is 1.37. The Morgan fingerprint density at radius 1 is 1.40 bits per heavy atom. The minimum absolute atomic E-state index is 0.151. The Bertz CT molecular complexity index is 407. The van der Waals surface area contributed by atoms with Gasteiger partial charge in [0.1, 0.15) is 18.2 Å². The molecule has 2 N–H and O–H groups in total. The quantitative estimate of drug-likeness (QED) is 0.774. The third-order valence-corrected chi connectivity index (χ3v) is 1.72. The number of primary amides is 1. The van der Waals surface area contributed by atoms with E-state index in [0.29, 0.717) is 0 Å². The second-order valence-corrected chi connectivity index (χ2v) is 2.65. The molecule has 0 saturated heterocycles. The number of ether oxygens (including phenoxy) is 1. The average Bonchev–Trinajstić information content (AvgIpc) is 2.19. The van der Waals surface area contributed by atoms with Crippen LogP contribution >= 0.6 is 0 Å². The van der Waals surface area contributed by atoms with Crippen LogP contribution < -0.4 is 5.73 Å². The molecule has 0 aliphatic rings. The zero-order chi connectivity index (χ0) is 11.4. The summed E-state index contributed by atoms with van der Waals surface area (Å²) in [6.07, 6.45) is -0.978. The van der Waals surface area contributed by atoms with Crippen LogP contribution in [0.15, 0.2) is 12.1 Å². The molecular formula is C9H7F2NO3. The van der Waals surface area contributed by atoms with Gasteiger partial charge < -0.3 is 10.5 Å². The third kappa shape index (κ3) is 2.49. The minimum atomic E-state index is -1.13. The maximum Gasteiger partial charge on any atom is 0.404 e. The summed E-state index contributed by atoms with van der Waals surface area (Å²) in [5.74, 6) is -1.71. The van der Waals surface area contributed by atoms with Gasteiger partial charge in [-0.25, -0.2) is 13.6 Å². The summed E-state index contributed by atoms with van der Waals surface area (Å²) in [5.41, 5.74) is 3.85. The van der Waals surface area contributed by atoms with E-state index >= 15 is 0 Å². The highest BCUT2D eigenvalue weighted by Crippen LogP contribution is 2.16. The van der Waals surface area contributed by atoms with Crippen LogP contribution in [0.5, 0.6) is 0 Å². The fraction of sp³-hybridized carbons (Fsp3) is 0.111. The largest absolute Gasteiger partial charge is 0.445 e. The van der Waals surface area contributed by atoms with Gasteiger partial charge in [0.05, 0.1) is 5.56 Å². The van der Waals surface area contributed by atoms with Crippen molar-refractivity contribution in [3.63, 3.8) is 0 Å². The van der Waals surface area contributed by atoms with Gasteiger partial charge in [-0.05, 0) is 12.1 Å². The highest BCUT2D eigenvalue weighted by molar-refractivity contribution is 5.78. The zero-order valence-corrected chi connectivity index (χ0v) is 7.50. The normalized spacial score (nSPS) is 9.73. The van der Waals surface area contributed by atoms with Gasteiger partial charge in [0.2, 0.25) is 0 Å². The molecule has 1 rings (SSSR count). The molecule has 4 nitrogen and oxygen atoms in total. The number of halogens is 2. The molecule has 0 bridgehead atoms. The molecule has 0 atom stereocenters. The lowest BCUT2D eigenvalue weighted by Gasteiger charge is -2.06. The molecule has 0 radical (unpaired) electrons. The monoisotopic (exact) mass is 215 g/mol. The number of benzene rings is 1. The molecule has 0 unspecified atom stereocenters. The van der Waals surface area contributed by atoms with Crippen LogP contribution in [0.25, 0.3) is 0 Å². The number of hydrogen-bond acceptors (Lipinski definition) is 3. The van der Waals surface area contributed by atoms with Crippen LogP contribution in [0.3, 0.4) is 0 Å². The van der Waals surface area contributed by atoms with Gasteiger partial charge in [-0.1, -0.05) is 0 Å². The lowest BCUT2D eigenvalue weighted by atomic mass is 10.1. The Morgan fingerprint density at radius 3 is 2.53 bits per heavy atom. The van der Waals surface area contributed by atoms with Gasteiger partial charge in [0.15, 0.2) is 6.29 Å². The fourth-order valence-electron chi connectivity index (χ4n) is 1.03. The molecule has 0 aliphatic heterocycles. The topological polar surface area (TPSA) is 69.4 Å². The Balaban J connectivity index is 3.07. The number of hydrogen-bond donors (Lipinski definition) is 1. The summed E-state index contributed by atoms with van der Waals surface area (Å²) in [4.78, 5) is 20.7. The van der Waals surface area contributed by atoms with E-state index in [1.165, 1.54) is 0 Å². The lowest BCUT2D eigenvalue weighted by Crippen LogP contribution is -2.14. The first-order valence-electron chi connectivity index (χ1n) is 3.90. The summed E-state index contributed by atoms with van der Waals surface area (Å²) in [7, 11) is 0. The SMILES string of the molecule is NC(=O)OCc1c(F)ccc(F)c1C=O. The number of aldehydes is 1. The van der Waals surface area contributed by atoms with Crippen molar-refractivity contribution >= 4 is 12.4 Å². The lowest BCUT2D eigenvalue weighted by molar-refractivity contribution is 0.111. The Labute approximate surface area is 83.6 Å². The molecule has 80 valence electrons. The van der Waals surface area contributed by atoms with Crippen molar-refractivity contribution in [1.29, 1.82) is 0 Å². The predicted molar refractivity (Wildman–Crippen MR) is 46.1 cm³/mol. The molecule has 6 heteroatoms. The Kier molecular flexibility index (Phi) is 3.33. The molecule has 0 aliphatic carbocycles. The third-order valence-electron chi connectivity index (χ3n) is 1.72. The van der Waals surface area contributed by atoms with Gasteiger partial charge in [-0.2, -0.15) is 0 Å². The van der Waals surface area contributed by atoms with Gasteiger partial charge >= 0.3 is 6.09 Å². The van der Waals surface area contributed by atoms with E-state index in [9.17, 15) is 18.4 Å². The van der Waals surface area contributed by atoms with Crippen molar-refractivity contribution < 1.29 is 23.1 Å². The van der Waals surface area contributed by atoms with E-state index in [1.54, 1.807) is 0 Å². The zero-order valence-electron chi connectivity index (χ0n) is 7.50. The van der Waals surface area contributed by atoms with Crippen molar-refractivity contribution in [2.45, 2.75) is 6.61 Å². The average molecular weight is 215 g/mol.